The van der Waals surface area contributed by atoms with Gasteiger partial charge < -0.3 is 15.4 Å². The van der Waals surface area contributed by atoms with Crippen molar-refractivity contribution < 1.29 is 9.53 Å². The van der Waals surface area contributed by atoms with E-state index in [-0.39, 0.29) is 12.3 Å². The molecule has 29 heavy (non-hydrogen) atoms. The fourth-order valence-electron chi connectivity index (χ4n) is 2.93. The maximum atomic E-state index is 12.3. The third-order valence-electron chi connectivity index (χ3n) is 4.48. The Bertz CT molecular complexity index is 927. The summed E-state index contributed by atoms with van der Waals surface area (Å²) in [6.45, 7) is 3.56. The Morgan fingerprint density at radius 3 is 2.59 bits per heavy atom. The highest BCUT2D eigenvalue weighted by Gasteiger charge is 2.10. The number of nitrogens with zero attached hydrogens (tertiary/aromatic N) is 2. The number of aryl methyl sites for hydroxylation is 1. The molecule has 0 aliphatic carbocycles. The molecule has 1 aromatic heterocycles. The molecule has 0 unspecified atom stereocenters. The Morgan fingerprint density at radius 2 is 1.86 bits per heavy atom. The standard InChI is InChI=1S/C23H26N4O2/c1-17-14-26-20(16-25-17)13-23(28)27-21-9-8-18(12-22(21)29-2)10-11-24-15-19-6-4-3-5-7-19/h3-9,12,14,16,24H,10-11,13,15H2,1-2H3,(H,27,28). The van der Waals surface area contributed by atoms with Crippen LogP contribution >= 0.6 is 0 Å². The van der Waals surface area contributed by atoms with Crippen molar-refractivity contribution in [3.8, 4) is 5.75 Å². The molecule has 0 aliphatic rings. The third kappa shape index (κ3) is 6.40. The van der Waals surface area contributed by atoms with Crippen LogP contribution in [0.1, 0.15) is 22.5 Å². The van der Waals surface area contributed by atoms with E-state index in [0.29, 0.717) is 17.1 Å². The Morgan fingerprint density at radius 1 is 1.03 bits per heavy atom. The van der Waals surface area contributed by atoms with Crippen LogP contribution in [0, 0.1) is 6.92 Å². The van der Waals surface area contributed by atoms with Gasteiger partial charge in [-0.3, -0.25) is 14.8 Å². The minimum Gasteiger partial charge on any atom is -0.495 e. The highest BCUT2D eigenvalue weighted by molar-refractivity contribution is 5.93. The van der Waals surface area contributed by atoms with E-state index >= 15 is 0 Å². The first kappa shape index (κ1) is 20.5. The lowest BCUT2D eigenvalue weighted by Crippen LogP contribution is -2.17. The van der Waals surface area contributed by atoms with Gasteiger partial charge in [-0.25, -0.2) is 0 Å². The van der Waals surface area contributed by atoms with E-state index in [1.807, 2.05) is 43.3 Å². The number of rotatable bonds is 9. The van der Waals surface area contributed by atoms with Crippen LogP contribution < -0.4 is 15.4 Å². The largest absolute Gasteiger partial charge is 0.495 e. The van der Waals surface area contributed by atoms with Gasteiger partial charge in [0, 0.05) is 18.9 Å². The Hall–Kier alpha value is -3.25. The summed E-state index contributed by atoms with van der Waals surface area (Å²) in [6.07, 6.45) is 4.32. The molecule has 0 saturated heterocycles. The first-order chi connectivity index (χ1) is 14.1. The molecule has 0 saturated carbocycles. The predicted octanol–water partition coefficient (Wildman–Crippen LogP) is 3.31. The number of methoxy groups -OCH3 is 1. The lowest BCUT2D eigenvalue weighted by molar-refractivity contribution is -0.115. The summed E-state index contributed by atoms with van der Waals surface area (Å²) in [6, 6.07) is 16.2. The highest BCUT2D eigenvalue weighted by Crippen LogP contribution is 2.26. The molecule has 2 aromatic carbocycles. The summed E-state index contributed by atoms with van der Waals surface area (Å²) < 4.78 is 5.47. The third-order valence-corrected chi connectivity index (χ3v) is 4.48. The van der Waals surface area contributed by atoms with Crippen molar-refractivity contribution in [3.63, 3.8) is 0 Å². The average molecular weight is 390 g/mol. The van der Waals surface area contributed by atoms with E-state index < -0.39 is 0 Å². The topological polar surface area (TPSA) is 76.1 Å². The van der Waals surface area contributed by atoms with E-state index in [9.17, 15) is 4.79 Å². The molecule has 0 atom stereocenters. The Labute approximate surface area is 171 Å². The second kappa shape index (κ2) is 10.3. The molecule has 3 rings (SSSR count). The Balaban J connectivity index is 1.52. The van der Waals surface area contributed by atoms with Gasteiger partial charge in [0.15, 0.2) is 0 Å². The lowest BCUT2D eigenvalue weighted by atomic mass is 10.1. The molecule has 1 amide bonds. The van der Waals surface area contributed by atoms with Crippen LogP contribution in [-0.4, -0.2) is 29.5 Å². The number of amides is 1. The number of hydrogen-bond donors (Lipinski definition) is 2. The second-order valence-electron chi connectivity index (χ2n) is 6.82. The van der Waals surface area contributed by atoms with Gasteiger partial charge in [-0.2, -0.15) is 0 Å². The van der Waals surface area contributed by atoms with E-state index in [2.05, 4.69) is 32.7 Å². The molecule has 1 heterocycles. The normalized spacial score (nSPS) is 10.6. The number of carbonyl (C=O) groups is 1. The van der Waals surface area contributed by atoms with Crippen molar-refractivity contribution in [3.05, 3.63) is 83.4 Å². The number of benzene rings is 2. The minimum absolute atomic E-state index is 0.154. The minimum atomic E-state index is -0.154. The summed E-state index contributed by atoms with van der Waals surface area (Å²) >= 11 is 0. The van der Waals surface area contributed by atoms with Crippen molar-refractivity contribution in [2.75, 3.05) is 19.0 Å². The van der Waals surface area contributed by atoms with Crippen molar-refractivity contribution in [2.24, 2.45) is 0 Å². The zero-order valence-corrected chi connectivity index (χ0v) is 16.8. The van der Waals surface area contributed by atoms with Crippen LogP contribution in [0.3, 0.4) is 0 Å². The number of anilines is 1. The van der Waals surface area contributed by atoms with Crippen molar-refractivity contribution >= 4 is 11.6 Å². The average Bonchev–Trinajstić information content (AvgIpc) is 2.74. The predicted molar refractivity (Wildman–Crippen MR) is 114 cm³/mol. The zero-order chi connectivity index (χ0) is 20.5. The molecular formula is C23H26N4O2. The first-order valence-corrected chi connectivity index (χ1v) is 9.63. The second-order valence-corrected chi connectivity index (χ2v) is 6.82. The van der Waals surface area contributed by atoms with Crippen molar-refractivity contribution in [1.29, 1.82) is 0 Å². The monoisotopic (exact) mass is 390 g/mol. The van der Waals surface area contributed by atoms with E-state index in [0.717, 1.165) is 30.8 Å². The smallest absolute Gasteiger partial charge is 0.230 e. The molecule has 3 aromatic rings. The number of nitrogens with one attached hydrogen (secondary N) is 2. The van der Waals surface area contributed by atoms with Crippen LogP contribution in [-0.2, 0) is 24.2 Å². The number of carbonyl (C=O) groups excluding carboxylic acids is 1. The molecule has 0 fully saturated rings. The van der Waals surface area contributed by atoms with Gasteiger partial charge in [-0.15, -0.1) is 0 Å². The summed E-state index contributed by atoms with van der Waals surface area (Å²) in [4.78, 5) is 20.7. The van der Waals surface area contributed by atoms with Crippen LogP contribution in [0.15, 0.2) is 60.9 Å². The summed E-state index contributed by atoms with van der Waals surface area (Å²) in [5.41, 5.74) is 4.52. The van der Waals surface area contributed by atoms with Crippen LogP contribution in [0.4, 0.5) is 5.69 Å². The molecule has 0 aliphatic heterocycles. The molecule has 0 bridgehead atoms. The molecule has 6 heteroatoms. The van der Waals surface area contributed by atoms with E-state index in [1.165, 1.54) is 5.56 Å². The molecule has 150 valence electrons. The molecule has 6 nitrogen and oxygen atoms in total. The van der Waals surface area contributed by atoms with Gasteiger partial charge in [0.1, 0.15) is 5.75 Å². The Kier molecular flexibility index (Phi) is 7.30. The van der Waals surface area contributed by atoms with Crippen LogP contribution in [0.5, 0.6) is 5.75 Å². The zero-order valence-electron chi connectivity index (χ0n) is 16.8. The number of aromatic nitrogens is 2. The summed E-state index contributed by atoms with van der Waals surface area (Å²) in [5.74, 6) is 0.493. The van der Waals surface area contributed by atoms with Crippen molar-refractivity contribution in [1.82, 2.24) is 15.3 Å². The number of ether oxygens (including phenoxy) is 1. The van der Waals surface area contributed by atoms with Gasteiger partial charge in [-0.05, 0) is 43.1 Å². The summed E-state index contributed by atoms with van der Waals surface area (Å²) in [5, 5.41) is 6.34. The SMILES string of the molecule is COc1cc(CCNCc2ccccc2)ccc1NC(=O)Cc1cnc(C)cn1. The fourth-order valence-corrected chi connectivity index (χ4v) is 2.93. The lowest BCUT2D eigenvalue weighted by Gasteiger charge is -2.12. The summed E-state index contributed by atoms with van der Waals surface area (Å²) in [7, 11) is 1.61. The first-order valence-electron chi connectivity index (χ1n) is 9.63. The van der Waals surface area contributed by atoms with Gasteiger partial charge >= 0.3 is 0 Å². The quantitative estimate of drug-likeness (QED) is 0.548. The number of hydrogen-bond acceptors (Lipinski definition) is 5. The maximum absolute atomic E-state index is 12.3. The molecular weight excluding hydrogens is 364 g/mol. The van der Waals surface area contributed by atoms with E-state index in [1.54, 1.807) is 19.5 Å². The van der Waals surface area contributed by atoms with Crippen molar-refractivity contribution in [2.45, 2.75) is 26.3 Å². The molecule has 2 N–H and O–H groups in total. The van der Waals surface area contributed by atoms with Crippen LogP contribution in [0.2, 0.25) is 0 Å². The molecule has 0 spiro atoms. The van der Waals surface area contributed by atoms with Gasteiger partial charge in [0.2, 0.25) is 5.91 Å². The molecule has 0 radical (unpaired) electrons. The maximum Gasteiger partial charge on any atom is 0.230 e. The van der Waals surface area contributed by atoms with Gasteiger partial charge in [-0.1, -0.05) is 36.4 Å². The van der Waals surface area contributed by atoms with Gasteiger partial charge in [0.25, 0.3) is 0 Å². The highest BCUT2D eigenvalue weighted by atomic mass is 16.5. The van der Waals surface area contributed by atoms with Gasteiger partial charge in [0.05, 0.1) is 30.6 Å². The fraction of sp³-hybridized carbons (Fsp3) is 0.261. The van der Waals surface area contributed by atoms with Crippen LogP contribution in [0.25, 0.3) is 0 Å². The van der Waals surface area contributed by atoms with E-state index in [4.69, 9.17) is 4.74 Å².